The van der Waals surface area contributed by atoms with Crippen LogP contribution in [-0.2, 0) is 6.54 Å². The molecule has 0 spiro atoms. The number of benzene rings is 2. The van der Waals surface area contributed by atoms with Gasteiger partial charge < -0.3 is 10.6 Å². The van der Waals surface area contributed by atoms with Crippen LogP contribution in [0.1, 0.15) is 18.1 Å². The molecule has 0 unspecified atom stereocenters. The van der Waals surface area contributed by atoms with Crippen LogP contribution < -0.4 is 10.6 Å². The summed E-state index contributed by atoms with van der Waals surface area (Å²) in [5.74, 6) is 0. The van der Waals surface area contributed by atoms with E-state index in [4.69, 9.17) is 17.3 Å². The largest absolute Gasteiger partial charge is 0.398 e. The molecule has 0 aromatic heterocycles. The summed E-state index contributed by atoms with van der Waals surface area (Å²) in [6, 6.07) is 14.2. The van der Waals surface area contributed by atoms with E-state index in [9.17, 15) is 0 Å². The third-order valence-corrected chi connectivity index (χ3v) is 3.64. The molecule has 0 aliphatic heterocycles. The van der Waals surface area contributed by atoms with Gasteiger partial charge in [0.05, 0.1) is 0 Å². The van der Waals surface area contributed by atoms with Crippen LogP contribution in [0.4, 0.5) is 11.4 Å². The van der Waals surface area contributed by atoms with Crippen molar-refractivity contribution in [2.24, 2.45) is 0 Å². The average molecular weight is 275 g/mol. The van der Waals surface area contributed by atoms with Gasteiger partial charge in [-0.05, 0) is 38.1 Å². The summed E-state index contributed by atoms with van der Waals surface area (Å²) in [5.41, 5.74) is 10.2. The summed E-state index contributed by atoms with van der Waals surface area (Å²) >= 11 is 6.24. The predicted octanol–water partition coefficient (Wildman–Crippen LogP) is 4.26. The van der Waals surface area contributed by atoms with Crippen molar-refractivity contribution in [1.29, 1.82) is 0 Å². The minimum Gasteiger partial charge on any atom is -0.398 e. The smallest absolute Gasteiger partial charge is 0.0476 e. The summed E-state index contributed by atoms with van der Waals surface area (Å²) in [5, 5.41) is 0.727. The Hall–Kier alpha value is -1.67. The van der Waals surface area contributed by atoms with Gasteiger partial charge in [-0.3, -0.25) is 0 Å². The maximum Gasteiger partial charge on any atom is 0.0476 e. The minimum absolute atomic E-state index is 0.727. The maximum atomic E-state index is 6.24. The Labute approximate surface area is 119 Å². The second kappa shape index (κ2) is 5.98. The molecule has 2 rings (SSSR count). The van der Waals surface area contributed by atoms with Crippen LogP contribution in [0.5, 0.6) is 0 Å². The first kappa shape index (κ1) is 13.8. The number of nitrogen functional groups attached to an aromatic ring is 1. The van der Waals surface area contributed by atoms with E-state index in [2.05, 4.69) is 43.0 Å². The van der Waals surface area contributed by atoms with Gasteiger partial charge in [0.15, 0.2) is 0 Å². The van der Waals surface area contributed by atoms with Crippen molar-refractivity contribution in [3.05, 3.63) is 58.6 Å². The van der Waals surface area contributed by atoms with E-state index in [0.29, 0.717) is 0 Å². The molecule has 0 radical (unpaired) electrons. The number of hydrogen-bond acceptors (Lipinski definition) is 2. The van der Waals surface area contributed by atoms with Gasteiger partial charge in [-0.15, -0.1) is 0 Å². The molecule has 2 N–H and O–H groups in total. The number of anilines is 2. The summed E-state index contributed by atoms with van der Waals surface area (Å²) in [6.45, 7) is 5.86. The van der Waals surface area contributed by atoms with E-state index < -0.39 is 0 Å². The number of halogens is 1. The van der Waals surface area contributed by atoms with Crippen LogP contribution in [0.15, 0.2) is 42.5 Å². The molecule has 0 saturated carbocycles. The van der Waals surface area contributed by atoms with E-state index in [1.807, 2.05) is 18.2 Å². The Morgan fingerprint density at radius 2 is 1.79 bits per heavy atom. The lowest BCUT2D eigenvalue weighted by atomic mass is 10.1. The van der Waals surface area contributed by atoms with Crippen molar-refractivity contribution in [2.75, 3.05) is 17.2 Å². The molecule has 0 atom stereocenters. The molecule has 19 heavy (non-hydrogen) atoms. The van der Waals surface area contributed by atoms with Gasteiger partial charge in [0, 0.05) is 35.1 Å². The third-order valence-electron chi connectivity index (χ3n) is 3.28. The Kier molecular flexibility index (Phi) is 4.33. The van der Waals surface area contributed by atoms with E-state index in [1.165, 1.54) is 11.3 Å². The predicted molar refractivity (Wildman–Crippen MR) is 83.8 cm³/mol. The highest BCUT2D eigenvalue weighted by Gasteiger charge is 2.10. The minimum atomic E-state index is 0.727. The molecular formula is C16H19ClN2. The monoisotopic (exact) mass is 274 g/mol. The van der Waals surface area contributed by atoms with Crippen molar-refractivity contribution in [3.63, 3.8) is 0 Å². The van der Waals surface area contributed by atoms with Crippen LogP contribution in [-0.4, -0.2) is 6.54 Å². The Bertz CT molecular complexity index is 529. The first-order valence-electron chi connectivity index (χ1n) is 6.46. The molecule has 3 heteroatoms. The second-order valence-corrected chi connectivity index (χ2v) is 5.06. The molecule has 2 nitrogen and oxygen atoms in total. The summed E-state index contributed by atoms with van der Waals surface area (Å²) < 4.78 is 0. The molecule has 100 valence electrons. The quantitative estimate of drug-likeness (QED) is 0.844. The highest BCUT2D eigenvalue weighted by atomic mass is 35.5. The normalized spacial score (nSPS) is 10.5. The number of hydrogen-bond donors (Lipinski definition) is 1. The van der Waals surface area contributed by atoms with E-state index in [0.717, 1.165) is 29.4 Å². The maximum absolute atomic E-state index is 6.24. The zero-order valence-corrected chi connectivity index (χ0v) is 12.1. The van der Waals surface area contributed by atoms with Crippen LogP contribution in [0.3, 0.4) is 0 Å². The lowest BCUT2D eigenvalue weighted by molar-refractivity contribution is 0.833. The molecule has 0 fully saturated rings. The SMILES string of the molecule is CCN(Cc1c(N)cccc1Cl)c1ccc(C)cc1. The fourth-order valence-corrected chi connectivity index (χ4v) is 2.32. The molecule has 0 bridgehead atoms. The molecular weight excluding hydrogens is 256 g/mol. The Balaban J connectivity index is 2.26. The lowest BCUT2D eigenvalue weighted by Crippen LogP contribution is -2.22. The summed E-state index contributed by atoms with van der Waals surface area (Å²) in [6.07, 6.45) is 0. The first-order valence-corrected chi connectivity index (χ1v) is 6.84. The number of aryl methyl sites for hydroxylation is 1. The van der Waals surface area contributed by atoms with Gasteiger partial charge in [0.25, 0.3) is 0 Å². The van der Waals surface area contributed by atoms with Crippen molar-refractivity contribution in [1.82, 2.24) is 0 Å². The van der Waals surface area contributed by atoms with Crippen LogP contribution in [0.25, 0.3) is 0 Å². The third kappa shape index (κ3) is 3.21. The zero-order valence-electron chi connectivity index (χ0n) is 11.4. The number of nitrogens with zero attached hydrogens (tertiary/aromatic N) is 1. The molecule has 0 heterocycles. The highest BCUT2D eigenvalue weighted by Crippen LogP contribution is 2.26. The molecule has 0 aliphatic rings. The summed E-state index contributed by atoms with van der Waals surface area (Å²) in [4.78, 5) is 2.26. The molecule has 2 aromatic carbocycles. The Morgan fingerprint density at radius 1 is 1.11 bits per heavy atom. The van der Waals surface area contributed by atoms with Crippen molar-refractivity contribution >= 4 is 23.0 Å². The summed E-state index contributed by atoms with van der Waals surface area (Å²) in [7, 11) is 0. The molecule has 0 saturated heterocycles. The fourth-order valence-electron chi connectivity index (χ4n) is 2.07. The van der Waals surface area contributed by atoms with E-state index in [-0.39, 0.29) is 0 Å². The molecule has 0 aliphatic carbocycles. The van der Waals surface area contributed by atoms with Crippen LogP contribution in [0.2, 0.25) is 5.02 Å². The average Bonchev–Trinajstić information content (AvgIpc) is 2.40. The zero-order chi connectivity index (χ0) is 13.8. The van der Waals surface area contributed by atoms with E-state index in [1.54, 1.807) is 0 Å². The standard InChI is InChI=1S/C16H19ClN2/c1-3-19(13-9-7-12(2)8-10-13)11-14-15(17)5-4-6-16(14)18/h4-10H,3,11,18H2,1-2H3. The second-order valence-electron chi connectivity index (χ2n) is 4.66. The highest BCUT2D eigenvalue weighted by molar-refractivity contribution is 6.31. The van der Waals surface area contributed by atoms with Gasteiger partial charge in [-0.25, -0.2) is 0 Å². The lowest BCUT2D eigenvalue weighted by Gasteiger charge is -2.24. The molecule has 2 aromatic rings. The van der Waals surface area contributed by atoms with Gasteiger partial charge in [-0.2, -0.15) is 0 Å². The van der Waals surface area contributed by atoms with Crippen LogP contribution in [0, 0.1) is 6.92 Å². The van der Waals surface area contributed by atoms with E-state index >= 15 is 0 Å². The topological polar surface area (TPSA) is 29.3 Å². The van der Waals surface area contributed by atoms with Gasteiger partial charge in [-0.1, -0.05) is 35.4 Å². The van der Waals surface area contributed by atoms with Crippen molar-refractivity contribution in [3.8, 4) is 0 Å². The van der Waals surface area contributed by atoms with Gasteiger partial charge in [0.2, 0.25) is 0 Å². The number of rotatable bonds is 4. The van der Waals surface area contributed by atoms with Crippen molar-refractivity contribution in [2.45, 2.75) is 20.4 Å². The van der Waals surface area contributed by atoms with Crippen molar-refractivity contribution < 1.29 is 0 Å². The first-order chi connectivity index (χ1) is 9.11. The van der Waals surface area contributed by atoms with Crippen LogP contribution >= 0.6 is 11.6 Å². The van der Waals surface area contributed by atoms with Gasteiger partial charge >= 0.3 is 0 Å². The molecule has 0 amide bonds. The van der Waals surface area contributed by atoms with Gasteiger partial charge in [0.1, 0.15) is 0 Å². The fraction of sp³-hybridized carbons (Fsp3) is 0.250. The number of nitrogens with two attached hydrogens (primary N) is 1. The Morgan fingerprint density at radius 3 is 2.37 bits per heavy atom.